The molecule has 0 saturated carbocycles. The van der Waals surface area contributed by atoms with Crippen LogP contribution in [0.5, 0.6) is 0 Å². The first-order valence-corrected chi connectivity index (χ1v) is 5.50. The second-order valence-electron chi connectivity index (χ2n) is 4.26. The number of hydrogen-bond acceptors (Lipinski definition) is 4. The number of carbonyl (C=O) groups is 2. The Morgan fingerprint density at radius 3 is 2.44 bits per heavy atom. The number of nitrogen functional groups attached to an aromatic ring is 1. The number of hydrogen-bond donors (Lipinski definition) is 3. The molecule has 0 saturated heterocycles. The van der Waals surface area contributed by atoms with Crippen molar-refractivity contribution < 1.29 is 14.7 Å². The Kier molecular flexibility index (Phi) is 4.14. The second-order valence-corrected chi connectivity index (χ2v) is 4.26. The molecule has 1 amide bonds. The third-order valence-electron chi connectivity index (χ3n) is 2.55. The topological polar surface area (TPSA) is 110 Å². The molecule has 0 radical (unpaired) electrons. The van der Waals surface area contributed by atoms with E-state index in [0.717, 1.165) is 0 Å². The van der Waals surface area contributed by atoms with Gasteiger partial charge in [-0.3, -0.25) is 4.79 Å². The zero-order valence-corrected chi connectivity index (χ0v) is 10.4. The Hall–Kier alpha value is -2.24. The van der Waals surface area contributed by atoms with Crippen LogP contribution >= 0.6 is 0 Å². The van der Waals surface area contributed by atoms with Gasteiger partial charge < -0.3 is 21.5 Å². The van der Waals surface area contributed by atoms with Crippen molar-refractivity contribution in [2.45, 2.75) is 19.9 Å². The van der Waals surface area contributed by atoms with Gasteiger partial charge in [0, 0.05) is 17.4 Å². The van der Waals surface area contributed by atoms with Crippen molar-refractivity contribution in [3.8, 4) is 0 Å². The van der Waals surface area contributed by atoms with Gasteiger partial charge in [-0.05, 0) is 32.0 Å². The first-order valence-electron chi connectivity index (χ1n) is 5.50. The lowest BCUT2D eigenvalue weighted by Crippen LogP contribution is -2.38. The average Bonchev–Trinajstić information content (AvgIpc) is 2.26. The van der Waals surface area contributed by atoms with E-state index in [2.05, 4.69) is 0 Å². The summed E-state index contributed by atoms with van der Waals surface area (Å²) in [5.41, 5.74) is 11.6. The molecule has 18 heavy (non-hydrogen) atoms. The number of carboxylic acid groups (broad SMARTS) is 1. The van der Waals surface area contributed by atoms with E-state index in [4.69, 9.17) is 16.6 Å². The highest BCUT2D eigenvalue weighted by molar-refractivity contribution is 5.95. The van der Waals surface area contributed by atoms with Crippen LogP contribution in [0.1, 0.15) is 24.2 Å². The van der Waals surface area contributed by atoms with Crippen LogP contribution in [0.4, 0.5) is 11.4 Å². The van der Waals surface area contributed by atoms with Crippen molar-refractivity contribution in [2.24, 2.45) is 5.73 Å². The van der Waals surface area contributed by atoms with Gasteiger partial charge >= 0.3 is 5.97 Å². The molecule has 0 bridgehead atoms. The molecule has 0 fully saturated rings. The van der Waals surface area contributed by atoms with Crippen LogP contribution < -0.4 is 16.4 Å². The van der Waals surface area contributed by atoms with E-state index in [1.165, 1.54) is 12.1 Å². The number of carboxylic acids is 1. The predicted octanol–water partition coefficient (Wildman–Crippen LogP) is 0.667. The Morgan fingerprint density at radius 1 is 1.39 bits per heavy atom. The van der Waals surface area contributed by atoms with Gasteiger partial charge in [0.2, 0.25) is 5.91 Å². The van der Waals surface area contributed by atoms with E-state index in [9.17, 15) is 9.59 Å². The molecule has 5 N–H and O–H groups in total. The summed E-state index contributed by atoms with van der Waals surface area (Å²) in [6.07, 6.45) is 0. The summed E-state index contributed by atoms with van der Waals surface area (Å²) < 4.78 is 0. The zero-order valence-electron chi connectivity index (χ0n) is 10.4. The molecule has 0 atom stereocenters. The Bertz CT molecular complexity index is 472. The number of aromatic carboxylic acids is 1. The van der Waals surface area contributed by atoms with E-state index in [-0.39, 0.29) is 23.8 Å². The quantitative estimate of drug-likeness (QED) is 0.666. The van der Waals surface area contributed by atoms with Crippen molar-refractivity contribution in [1.29, 1.82) is 0 Å². The first-order chi connectivity index (χ1) is 8.32. The van der Waals surface area contributed by atoms with Gasteiger partial charge in [-0.25, -0.2) is 4.79 Å². The molecule has 0 aliphatic heterocycles. The smallest absolute Gasteiger partial charge is 0.337 e. The van der Waals surface area contributed by atoms with Crippen LogP contribution in [0, 0.1) is 0 Å². The molecule has 0 spiro atoms. The van der Waals surface area contributed by atoms with Gasteiger partial charge in [0.15, 0.2) is 0 Å². The number of primary amides is 1. The standard InChI is InChI=1S/C12H17N3O3/c1-7(2)15(6-11(14)16)8-3-4-10(13)9(5-8)12(17)18/h3-5,7H,6,13H2,1-2H3,(H2,14,16)(H,17,18). The van der Waals surface area contributed by atoms with Gasteiger partial charge in [-0.1, -0.05) is 0 Å². The number of anilines is 2. The normalized spacial score (nSPS) is 10.4. The van der Waals surface area contributed by atoms with Crippen LogP contribution in [0.2, 0.25) is 0 Å². The Labute approximate surface area is 105 Å². The highest BCUT2D eigenvalue weighted by Crippen LogP contribution is 2.22. The second kappa shape index (κ2) is 5.39. The number of nitrogens with two attached hydrogens (primary N) is 2. The fourth-order valence-electron chi connectivity index (χ4n) is 1.65. The maximum atomic E-state index is 11.0. The van der Waals surface area contributed by atoms with Crippen molar-refractivity contribution in [1.82, 2.24) is 0 Å². The minimum atomic E-state index is -1.10. The first kappa shape index (κ1) is 13.8. The third kappa shape index (κ3) is 3.13. The minimum absolute atomic E-state index is 0.0163. The van der Waals surface area contributed by atoms with Crippen molar-refractivity contribution >= 4 is 23.3 Å². The highest BCUT2D eigenvalue weighted by Gasteiger charge is 2.16. The maximum absolute atomic E-state index is 11.0. The van der Waals surface area contributed by atoms with Crippen LogP contribution in [0.15, 0.2) is 18.2 Å². The van der Waals surface area contributed by atoms with Crippen LogP contribution in [0.25, 0.3) is 0 Å². The number of carbonyl (C=O) groups excluding carboxylic acids is 1. The fourth-order valence-corrected chi connectivity index (χ4v) is 1.65. The predicted molar refractivity (Wildman–Crippen MR) is 69.5 cm³/mol. The van der Waals surface area contributed by atoms with Gasteiger partial charge in [0.05, 0.1) is 12.1 Å². The molecule has 6 nitrogen and oxygen atoms in total. The Balaban J connectivity index is 3.17. The molecule has 0 aliphatic rings. The summed E-state index contributed by atoms with van der Waals surface area (Å²) >= 11 is 0. The molecule has 1 aromatic rings. The van der Waals surface area contributed by atoms with Crippen molar-refractivity contribution in [3.63, 3.8) is 0 Å². The highest BCUT2D eigenvalue weighted by atomic mass is 16.4. The van der Waals surface area contributed by atoms with Crippen LogP contribution in [-0.4, -0.2) is 29.6 Å². The zero-order chi connectivity index (χ0) is 13.9. The molecule has 1 aromatic carbocycles. The van der Waals surface area contributed by atoms with Gasteiger partial charge in [0.25, 0.3) is 0 Å². The number of amides is 1. The van der Waals surface area contributed by atoms with Crippen molar-refractivity contribution in [2.75, 3.05) is 17.2 Å². The lowest BCUT2D eigenvalue weighted by Gasteiger charge is -2.28. The van der Waals surface area contributed by atoms with E-state index >= 15 is 0 Å². The molecule has 0 aliphatic carbocycles. The molecule has 0 unspecified atom stereocenters. The minimum Gasteiger partial charge on any atom is -0.478 e. The summed E-state index contributed by atoms with van der Waals surface area (Å²) in [6.45, 7) is 3.81. The van der Waals surface area contributed by atoms with E-state index in [1.807, 2.05) is 13.8 Å². The van der Waals surface area contributed by atoms with E-state index in [0.29, 0.717) is 5.69 Å². The lowest BCUT2D eigenvalue weighted by atomic mass is 10.1. The summed E-state index contributed by atoms with van der Waals surface area (Å²) in [5.74, 6) is -1.57. The van der Waals surface area contributed by atoms with Crippen LogP contribution in [-0.2, 0) is 4.79 Å². The summed E-state index contributed by atoms with van der Waals surface area (Å²) in [6, 6.07) is 4.64. The monoisotopic (exact) mass is 251 g/mol. The lowest BCUT2D eigenvalue weighted by molar-refractivity contribution is -0.116. The number of nitrogens with zero attached hydrogens (tertiary/aromatic N) is 1. The molecule has 0 heterocycles. The summed E-state index contributed by atoms with van der Waals surface area (Å²) in [4.78, 5) is 23.7. The maximum Gasteiger partial charge on any atom is 0.337 e. The molecular weight excluding hydrogens is 234 g/mol. The molecule has 0 aromatic heterocycles. The van der Waals surface area contributed by atoms with Crippen molar-refractivity contribution in [3.05, 3.63) is 23.8 Å². The summed E-state index contributed by atoms with van der Waals surface area (Å²) in [7, 11) is 0. The van der Waals surface area contributed by atoms with Gasteiger partial charge in [-0.2, -0.15) is 0 Å². The third-order valence-corrected chi connectivity index (χ3v) is 2.55. The van der Waals surface area contributed by atoms with Crippen LogP contribution in [0.3, 0.4) is 0 Å². The number of rotatable bonds is 5. The van der Waals surface area contributed by atoms with E-state index in [1.54, 1.807) is 11.0 Å². The summed E-state index contributed by atoms with van der Waals surface area (Å²) in [5, 5.41) is 9.00. The SMILES string of the molecule is CC(C)N(CC(N)=O)c1ccc(N)c(C(=O)O)c1. The fraction of sp³-hybridized carbons (Fsp3) is 0.333. The van der Waals surface area contributed by atoms with E-state index < -0.39 is 11.9 Å². The average molecular weight is 251 g/mol. The van der Waals surface area contributed by atoms with Gasteiger partial charge in [-0.15, -0.1) is 0 Å². The van der Waals surface area contributed by atoms with Gasteiger partial charge in [0.1, 0.15) is 0 Å². The molecule has 6 heteroatoms. The number of benzene rings is 1. The molecule has 1 rings (SSSR count). The molecule has 98 valence electrons. The largest absolute Gasteiger partial charge is 0.478 e. The Morgan fingerprint density at radius 2 is 2.00 bits per heavy atom. The molecular formula is C12H17N3O3.